The van der Waals surface area contributed by atoms with Gasteiger partial charge in [-0.2, -0.15) is 0 Å². The van der Waals surface area contributed by atoms with Crippen molar-refractivity contribution in [3.8, 4) is 17.2 Å². The lowest BCUT2D eigenvalue weighted by Gasteiger charge is -2.52. The van der Waals surface area contributed by atoms with Crippen LogP contribution in [0.5, 0.6) is 17.2 Å². The molecular weight excluding hydrogens is 898 g/mol. The van der Waals surface area contributed by atoms with Crippen molar-refractivity contribution in [2.24, 2.45) is 11.8 Å². The molecule has 5 aromatic carbocycles. The van der Waals surface area contributed by atoms with Gasteiger partial charge in [-0.25, -0.2) is 0 Å². The molecule has 6 aromatic rings. The van der Waals surface area contributed by atoms with Crippen LogP contribution in [0.1, 0.15) is 71.9 Å². The average molecular weight is 957 g/mol. The molecule has 2 amide bonds. The summed E-state index contributed by atoms with van der Waals surface area (Å²) in [7, 11) is 0. The lowest BCUT2D eigenvalue weighted by atomic mass is 9.70. The number of hydrogen-bond donors (Lipinski definition) is 4. The van der Waals surface area contributed by atoms with Gasteiger partial charge in [0.05, 0.1) is 34.5 Å². The van der Waals surface area contributed by atoms with Crippen molar-refractivity contribution in [1.82, 2.24) is 25.0 Å². The number of aromatic nitrogens is 1. The fourth-order valence-electron chi connectivity index (χ4n) is 10.7. The van der Waals surface area contributed by atoms with Crippen LogP contribution in [0.15, 0.2) is 126 Å². The standard InChI is InChI=1S/C55H59Cl2N5O6/c56-47-17-14-43(32-48(47)57)68-42-9-4-6-38(28-42)34-61(24-5-23-58-33-51(64)44-15-18-50(63)55-45(44)16-19-52(65)59-55)53(66)29-36-10-12-37(13-11-36)30-54(67)62-27-22-41(39-7-2-1-3-8-39)31-49(62)46-35-60-25-20-40(46)21-26-60/h1-4,6-19,28,32,40-41,46,49,51,58,63-64H,5,20-27,29-31,33-35H2,(H,59,65). The van der Waals surface area contributed by atoms with E-state index in [0.717, 1.165) is 42.6 Å². The van der Waals surface area contributed by atoms with Gasteiger partial charge in [0.2, 0.25) is 17.4 Å². The molecule has 4 saturated heterocycles. The molecule has 4 fully saturated rings. The van der Waals surface area contributed by atoms with Gasteiger partial charge in [-0.1, -0.05) is 96.0 Å². The van der Waals surface area contributed by atoms with E-state index in [1.54, 1.807) is 30.3 Å². The summed E-state index contributed by atoms with van der Waals surface area (Å²) < 4.78 is 6.11. The van der Waals surface area contributed by atoms with Crippen molar-refractivity contribution in [3.05, 3.63) is 170 Å². The number of pyridine rings is 1. The van der Waals surface area contributed by atoms with E-state index in [0.29, 0.717) is 82.7 Å². The Morgan fingerprint density at radius 1 is 0.809 bits per heavy atom. The summed E-state index contributed by atoms with van der Waals surface area (Å²) in [5.41, 5.74) is 4.59. The van der Waals surface area contributed by atoms with Crippen molar-refractivity contribution in [2.75, 3.05) is 45.8 Å². The molecule has 1 aromatic heterocycles. The molecule has 10 rings (SSSR count). The Labute approximate surface area is 407 Å². The second-order valence-electron chi connectivity index (χ2n) is 18.8. The van der Waals surface area contributed by atoms with Gasteiger partial charge in [-0.3, -0.25) is 14.4 Å². The van der Waals surface area contributed by atoms with Gasteiger partial charge in [-0.05, 0) is 134 Å². The number of nitrogens with zero attached hydrogens (tertiary/aromatic N) is 3. The molecular formula is C55H59Cl2N5O6. The second kappa shape index (κ2) is 21.7. The molecule has 0 aliphatic carbocycles. The third kappa shape index (κ3) is 11.4. The monoisotopic (exact) mass is 955 g/mol. The quantitative estimate of drug-likeness (QED) is 0.0665. The third-order valence-corrected chi connectivity index (χ3v) is 15.0. The van der Waals surface area contributed by atoms with Gasteiger partial charge in [0.1, 0.15) is 17.2 Å². The Kier molecular flexibility index (Phi) is 15.1. The Hall–Kier alpha value is -5.69. The number of amides is 2. The van der Waals surface area contributed by atoms with Crippen molar-refractivity contribution in [2.45, 2.75) is 69.6 Å². The van der Waals surface area contributed by atoms with Crippen molar-refractivity contribution < 1.29 is 24.5 Å². The number of hydrogen-bond acceptors (Lipinski definition) is 8. The zero-order valence-electron chi connectivity index (χ0n) is 38.2. The van der Waals surface area contributed by atoms with Crippen LogP contribution in [0.3, 0.4) is 0 Å². The van der Waals surface area contributed by atoms with Gasteiger partial charge in [0.25, 0.3) is 0 Å². The van der Waals surface area contributed by atoms with Crippen LogP contribution in [0, 0.1) is 11.8 Å². The molecule has 0 spiro atoms. The number of carbonyl (C=O) groups excluding carboxylic acids is 2. The minimum Gasteiger partial charge on any atom is -0.506 e. The number of likely N-dealkylation sites (tertiary alicyclic amines) is 1. The van der Waals surface area contributed by atoms with Crippen LogP contribution >= 0.6 is 23.2 Å². The number of H-pyrrole nitrogens is 1. The van der Waals surface area contributed by atoms with Gasteiger partial charge < -0.3 is 40.0 Å². The maximum absolute atomic E-state index is 14.3. The van der Waals surface area contributed by atoms with Crippen LogP contribution in [-0.4, -0.2) is 93.6 Å². The van der Waals surface area contributed by atoms with Crippen molar-refractivity contribution >= 4 is 45.9 Å². The molecule has 4 atom stereocenters. The van der Waals surface area contributed by atoms with E-state index in [1.807, 2.05) is 53.4 Å². The first-order chi connectivity index (χ1) is 33.0. The number of ether oxygens (including phenoxy) is 1. The third-order valence-electron chi connectivity index (χ3n) is 14.3. The number of aliphatic hydroxyl groups excluding tert-OH is 1. The van der Waals surface area contributed by atoms with E-state index in [1.165, 1.54) is 43.6 Å². The number of benzene rings is 5. The maximum Gasteiger partial charge on any atom is 0.248 e. The zero-order valence-corrected chi connectivity index (χ0v) is 39.7. The Bertz CT molecular complexity index is 2760. The fourth-order valence-corrected chi connectivity index (χ4v) is 11.0. The second-order valence-corrected chi connectivity index (χ2v) is 19.6. The summed E-state index contributed by atoms with van der Waals surface area (Å²) in [6.07, 6.45) is 4.65. The van der Waals surface area contributed by atoms with Crippen LogP contribution in [0.25, 0.3) is 10.9 Å². The number of fused-ring (bicyclic) bond motifs is 4. The fraction of sp³-hybridized carbons (Fsp3) is 0.364. The molecule has 2 bridgehead atoms. The number of phenolic OH excluding ortho intramolecular Hbond substituents is 1. The first-order valence-electron chi connectivity index (χ1n) is 23.9. The summed E-state index contributed by atoms with van der Waals surface area (Å²) in [5, 5.41) is 26.1. The molecule has 68 heavy (non-hydrogen) atoms. The number of aliphatic hydroxyl groups is 1. The van der Waals surface area contributed by atoms with Crippen LogP contribution in [-0.2, 0) is 29.0 Å². The van der Waals surface area contributed by atoms with Crippen LogP contribution in [0.2, 0.25) is 10.0 Å². The normalized spacial score (nSPS) is 20.6. The van der Waals surface area contributed by atoms with Gasteiger partial charge in [0.15, 0.2) is 0 Å². The number of aromatic amines is 1. The van der Waals surface area contributed by atoms with Gasteiger partial charge >= 0.3 is 0 Å². The molecule has 4 unspecified atom stereocenters. The van der Waals surface area contributed by atoms with E-state index in [4.69, 9.17) is 27.9 Å². The Morgan fingerprint density at radius 2 is 1.57 bits per heavy atom. The molecule has 4 N–H and O–H groups in total. The average Bonchev–Trinajstić information content (AvgIpc) is 3.36. The largest absolute Gasteiger partial charge is 0.506 e. The SMILES string of the molecule is O=C(Cc1ccc(CC(=O)N2CCC(c3ccccc3)CC2C2CN3CCC2CC3)cc1)N(CCCNCC(O)c1ccc(O)c2[nH]c(=O)ccc12)Cc1cccc(Oc2ccc(Cl)c(Cl)c2)c1. The highest BCUT2D eigenvalue weighted by atomic mass is 35.5. The summed E-state index contributed by atoms with van der Waals surface area (Å²) in [6.45, 7) is 5.73. The highest BCUT2D eigenvalue weighted by Gasteiger charge is 2.44. The summed E-state index contributed by atoms with van der Waals surface area (Å²) >= 11 is 12.4. The molecule has 0 radical (unpaired) electrons. The molecule has 354 valence electrons. The summed E-state index contributed by atoms with van der Waals surface area (Å²) in [6, 6.07) is 37.8. The van der Waals surface area contributed by atoms with Crippen molar-refractivity contribution in [3.63, 3.8) is 0 Å². The summed E-state index contributed by atoms with van der Waals surface area (Å²) in [4.78, 5) is 49.7. The Morgan fingerprint density at radius 3 is 2.32 bits per heavy atom. The number of phenols is 1. The molecule has 11 nitrogen and oxygen atoms in total. The minimum absolute atomic E-state index is 0.0455. The lowest BCUT2D eigenvalue weighted by Crippen LogP contribution is -2.58. The first kappa shape index (κ1) is 47.4. The smallest absolute Gasteiger partial charge is 0.248 e. The number of rotatable bonds is 17. The van der Waals surface area contributed by atoms with E-state index in [-0.39, 0.29) is 47.6 Å². The maximum atomic E-state index is 14.3. The number of carbonyl (C=O) groups is 2. The number of aromatic hydroxyl groups is 1. The van der Waals surface area contributed by atoms with Crippen LogP contribution in [0.4, 0.5) is 0 Å². The van der Waals surface area contributed by atoms with Gasteiger partial charge in [-0.15, -0.1) is 0 Å². The molecule has 13 heteroatoms. The van der Waals surface area contributed by atoms with E-state index in [9.17, 15) is 24.6 Å². The van der Waals surface area contributed by atoms with Crippen molar-refractivity contribution in [1.29, 1.82) is 0 Å². The minimum atomic E-state index is -0.906. The predicted octanol–water partition coefficient (Wildman–Crippen LogP) is 9.28. The number of piperidine rings is 4. The molecule has 4 aliphatic heterocycles. The Balaban J connectivity index is 0.848. The van der Waals surface area contributed by atoms with E-state index >= 15 is 0 Å². The molecule has 0 saturated carbocycles. The van der Waals surface area contributed by atoms with E-state index in [2.05, 4.69) is 50.4 Å². The summed E-state index contributed by atoms with van der Waals surface area (Å²) in [5.74, 6) is 2.84. The molecule has 4 aliphatic rings. The number of nitrogens with one attached hydrogen (secondary N) is 2. The number of halogens is 2. The molecule has 5 heterocycles. The highest BCUT2D eigenvalue weighted by Crippen LogP contribution is 2.42. The van der Waals surface area contributed by atoms with Crippen LogP contribution < -0.4 is 15.6 Å². The van der Waals surface area contributed by atoms with Gasteiger partial charge in [0, 0.05) is 56.3 Å². The topological polar surface area (TPSA) is 138 Å². The van der Waals surface area contributed by atoms with E-state index < -0.39 is 6.10 Å². The first-order valence-corrected chi connectivity index (χ1v) is 24.7. The highest BCUT2D eigenvalue weighted by molar-refractivity contribution is 6.42. The predicted molar refractivity (Wildman–Crippen MR) is 267 cm³/mol. The lowest BCUT2D eigenvalue weighted by molar-refractivity contribution is -0.138. The zero-order chi connectivity index (χ0) is 47.1.